The van der Waals surface area contributed by atoms with E-state index in [1.807, 2.05) is 55.3 Å². The second-order valence-corrected chi connectivity index (χ2v) is 17.1. The molecule has 6 aromatic rings. The lowest BCUT2D eigenvalue weighted by atomic mass is 10.0. The monoisotopic (exact) mass is 884 g/mol. The van der Waals surface area contributed by atoms with Gasteiger partial charge < -0.3 is 26.4 Å². The van der Waals surface area contributed by atoms with Gasteiger partial charge in [-0.2, -0.15) is 0 Å². The van der Waals surface area contributed by atoms with Crippen LogP contribution in [0.3, 0.4) is 0 Å². The zero-order chi connectivity index (χ0) is 44.6. The van der Waals surface area contributed by atoms with E-state index in [1.165, 1.54) is 47.3 Å². The van der Waals surface area contributed by atoms with Crippen molar-refractivity contribution in [1.29, 1.82) is 0 Å². The summed E-state index contributed by atoms with van der Waals surface area (Å²) < 4.78 is 27.5. The number of benzene rings is 4. The van der Waals surface area contributed by atoms with Crippen LogP contribution in [0, 0.1) is 11.6 Å². The fourth-order valence-electron chi connectivity index (χ4n) is 8.35. The summed E-state index contributed by atoms with van der Waals surface area (Å²) in [5, 5.41) is 1.96. The van der Waals surface area contributed by atoms with Gasteiger partial charge in [-0.25, -0.2) is 8.78 Å². The number of aromatic amines is 1. The summed E-state index contributed by atoms with van der Waals surface area (Å²) in [5.74, 6) is 3.08. The second kappa shape index (κ2) is 18.3. The first-order chi connectivity index (χ1) is 29.5. The Morgan fingerprint density at radius 2 is 1.15 bits per heavy atom. The van der Waals surface area contributed by atoms with Gasteiger partial charge in [0.15, 0.2) is 0 Å². The Morgan fingerprint density at radius 3 is 1.65 bits per heavy atom. The average Bonchev–Trinajstić information content (AvgIpc) is 3.83. The zero-order valence-electron chi connectivity index (χ0n) is 34.7. The quantitative estimate of drug-likeness (QED) is 0.0828. The van der Waals surface area contributed by atoms with Crippen LogP contribution in [-0.4, -0.2) is 103 Å². The van der Waals surface area contributed by atoms with Crippen LogP contribution in [0.4, 0.5) is 8.78 Å². The molecule has 4 heterocycles. The average molecular weight is 886 g/mol. The number of carbonyl (C=O) groups excluding carboxylic acids is 4. The lowest BCUT2D eigenvalue weighted by Crippen LogP contribution is -2.57. The number of nitrogens with zero attached hydrogens (tertiary/aromatic N) is 5. The van der Waals surface area contributed by atoms with Gasteiger partial charge >= 0.3 is 0 Å². The van der Waals surface area contributed by atoms with Crippen LogP contribution in [0.25, 0.3) is 21.8 Å². The third-order valence-electron chi connectivity index (χ3n) is 11.8. The van der Waals surface area contributed by atoms with Crippen LogP contribution in [-0.2, 0) is 17.9 Å². The number of nitrogens with two attached hydrogens (primary N) is 2. The fraction of sp³-hybridized carbons (Fsp3) is 0.304. The topological polar surface area (TPSA) is 154 Å². The number of hydrogen-bond acceptors (Lipinski definition) is 7. The predicted octanol–water partition coefficient (Wildman–Crippen LogP) is 7.25. The molecule has 16 heteroatoms. The van der Waals surface area contributed by atoms with E-state index in [0.717, 1.165) is 35.1 Å². The zero-order valence-corrected chi connectivity index (χ0v) is 36.3. The molecule has 4 atom stereocenters. The molecule has 324 valence electrons. The number of nitrogens with one attached hydrogen (secondary N) is 1. The number of aromatic nitrogens is 2. The Morgan fingerprint density at radius 1 is 0.661 bits per heavy atom. The van der Waals surface area contributed by atoms with Gasteiger partial charge in [-0.1, -0.05) is 47.5 Å². The van der Waals surface area contributed by atoms with Crippen molar-refractivity contribution < 1.29 is 28.0 Å². The molecule has 2 fully saturated rings. The van der Waals surface area contributed by atoms with E-state index in [0.29, 0.717) is 47.7 Å². The van der Waals surface area contributed by atoms with Gasteiger partial charge in [-0.3, -0.25) is 33.7 Å². The molecule has 2 aliphatic rings. The number of nitrogen functional groups attached to an aromatic ring is 1. The number of rotatable bonds is 8. The third-order valence-corrected chi connectivity index (χ3v) is 12.5. The van der Waals surface area contributed by atoms with Crippen LogP contribution in [0.2, 0.25) is 10.0 Å². The lowest BCUT2D eigenvalue weighted by Gasteiger charge is -2.44. The van der Waals surface area contributed by atoms with E-state index < -0.39 is 11.7 Å². The van der Waals surface area contributed by atoms with E-state index in [4.69, 9.17) is 34.8 Å². The molecule has 8 rings (SSSR count). The van der Waals surface area contributed by atoms with Crippen LogP contribution < -0.4 is 11.6 Å². The maximum absolute atomic E-state index is 13.5. The van der Waals surface area contributed by atoms with Gasteiger partial charge in [0.1, 0.15) is 11.6 Å². The first-order valence-corrected chi connectivity index (χ1v) is 21.0. The minimum absolute atomic E-state index is 0.0150. The van der Waals surface area contributed by atoms with Gasteiger partial charge in [0.2, 0.25) is 0 Å². The predicted molar refractivity (Wildman–Crippen MR) is 237 cm³/mol. The van der Waals surface area contributed by atoms with E-state index >= 15 is 0 Å². The number of primary amides is 1. The van der Waals surface area contributed by atoms with Gasteiger partial charge in [0.05, 0.1) is 32.3 Å². The van der Waals surface area contributed by atoms with E-state index in [2.05, 4.69) is 28.6 Å². The minimum atomic E-state index is -1.12. The number of halogens is 4. The van der Waals surface area contributed by atoms with Crippen molar-refractivity contribution in [3.63, 3.8) is 0 Å². The summed E-state index contributed by atoms with van der Waals surface area (Å²) in [4.78, 5) is 61.7. The number of amides is 3. The van der Waals surface area contributed by atoms with Crippen molar-refractivity contribution in [3.8, 4) is 0 Å². The molecular formula is C46H48Cl2F2N8O4. The van der Waals surface area contributed by atoms with Crippen LogP contribution in [0.5, 0.6) is 0 Å². The molecular weight excluding hydrogens is 837 g/mol. The number of hydrogen-bond donors (Lipinski definition) is 3. The smallest absolute Gasteiger partial charge is 0.289 e. The van der Waals surface area contributed by atoms with Gasteiger partial charge in [-0.05, 0) is 93.4 Å². The molecule has 4 aromatic carbocycles. The molecule has 0 radical (unpaired) electrons. The summed E-state index contributed by atoms with van der Waals surface area (Å²) in [6.07, 6.45) is 3.13. The highest BCUT2D eigenvalue weighted by molar-refractivity contribution is 6.45. The highest BCUT2D eigenvalue weighted by Crippen LogP contribution is 2.31. The molecule has 62 heavy (non-hydrogen) atoms. The van der Waals surface area contributed by atoms with Crippen molar-refractivity contribution in [2.75, 3.05) is 32.0 Å². The maximum atomic E-state index is 13.5. The molecule has 0 bridgehead atoms. The van der Waals surface area contributed by atoms with Crippen molar-refractivity contribution in [2.24, 2.45) is 5.73 Å². The molecule has 5 N–H and O–H groups in total. The number of Topliss-reactive ketones (excluding diaryl/α,β-unsaturated/α-hetero) is 1. The summed E-state index contributed by atoms with van der Waals surface area (Å²) in [6, 6.07) is 21.8. The summed E-state index contributed by atoms with van der Waals surface area (Å²) in [6.45, 7) is 12.0. The van der Waals surface area contributed by atoms with Gasteiger partial charge in [0.25, 0.3) is 23.5 Å². The van der Waals surface area contributed by atoms with Crippen molar-refractivity contribution in [2.45, 2.75) is 65.0 Å². The van der Waals surface area contributed by atoms with Crippen molar-refractivity contribution >= 4 is 68.5 Å². The number of piperazine rings is 2. The lowest BCUT2D eigenvalue weighted by molar-refractivity contribution is -0.114. The van der Waals surface area contributed by atoms with Crippen molar-refractivity contribution in [1.82, 2.24) is 29.3 Å². The molecule has 2 saturated heterocycles. The summed E-state index contributed by atoms with van der Waals surface area (Å²) >= 11 is 12.8. The van der Waals surface area contributed by atoms with Crippen molar-refractivity contribution in [3.05, 3.63) is 141 Å². The summed E-state index contributed by atoms with van der Waals surface area (Å²) in [7, 11) is 0. The Kier molecular flexibility index (Phi) is 13.0. The Balaban J connectivity index is 0.000000190. The second-order valence-electron chi connectivity index (χ2n) is 16.3. The Bertz CT molecular complexity index is 2650. The molecule has 0 unspecified atom stereocenters. The highest BCUT2D eigenvalue weighted by Gasteiger charge is 2.35. The van der Waals surface area contributed by atoms with Crippen LogP contribution >= 0.6 is 23.2 Å². The highest BCUT2D eigenvalue weighted by atomic mass is 35.5. The molecule has 0 saturated carbocycles. The standard InChI is InChI=1S/C24H25ClFN5O3.C22H23ClFN3O/c1-13-10-30(14(2)9-29(13)11-15-3-5-16(26)6-4-15)24(34)18-7-17-19(22(32)23(27)33)12-31(28)21(17)8-20(18)25;1-14-12-27(15(2)11-26(14)13-16-3-5-18(24)6-4-16)22(28)19-9-17-7-8-25-21(17)10-20(19)23/h3-8,12-14H,9-11,28H2,1-2H3,(H2,27,33);3-10,14-15,25H,11-13H2,1-2H3/t13-,14+;14-,15+/m00/s1. The SMILES string of the molecule is C[C@@H]1CN(Cc2ccc(F)cc2)[C@@H](C)CN1C(=O)c1cc2c(C(=O)C(N)=O)cn(N)c2cc1Cl.C[C@@H]1CN(Cc2ccc(F)cc2)[C@@H](C)CN1C(=O)c1cc2cc[nH]c2cc1Cl. The largest absolute Gasteiger partial charge is 0.363 e. The number of ketones is 1. The summed E-state index contributed by atoms with van der Waals surface area (Å²) in [5.41, 5.74) is 9.31. The van der Waals surface area contributed by atoms with Gasteiger partial charge in [0, 0.05) is 92.1 Å². The van der Waals surface area contributed by atoms with E-state index in [1.54, 1.807) is 17.0 Å². The number of H-pyrrole nitrogens is 1. The minimum Gasteiger partial charge on any atom is -0.363 e. The number of carbonyl (C=O) groups is 4. The normalized spacial score (nSPS) is 19.7. The maximum Gasteiger partial charge on any atom is 0.289 e. The molecule has 0 spiro atoms. The van der Waals surface area contributed by atoms with E-state index in [9.17, 15) is 28.0 Å². The van der Waals surface area contributed by atoms with Crippen LogP contribution in [0.15, 0.2) is 91.3 Å². The van der Waals surface area contributed by atoms with Gasteiger partial charge in [-0.15, -0.1) is 0 Å². The first-order valence-electron chi connectivity index (χ1n) is 20.3. The van der Waals surface area contributed by atoms with E-state index in [-0.39, 0.29) is 63.8 Å². The fourth-order valence-corrected chi connectivity index (χ4v) is 8.83. The Hall–Kier alpha value is -5.80. The molecule has 3 amide bonds. The van der Waals surface area contributed by atoms with Crippen LogP contribution in [0.1, 0.15) is 69.9 Å². The Labute approximate surface area is 367 Å². The third kappa shape index (κ3) is 9.33. The molecule has 12 nitrogen and oxygen atoms in total. The molecule has 0 aliphatic carbocycles. The number of fused-ring (bicyclic) bond motifs is 2. The first kappa shape index (κ1) is 44.3. The molecule has 2 aromatic heterocycles. The molecule has 2 aliphatic heterocycles.